The molecule has 28 heavy (non-hydrogen) atoms. The highest BCUT2D eigenvalue weighted by Gasteiger charge is 2.06. The van der Waals surface area contributed by atoms with Crippen LogP contribution in [0.25, 0.3) is 0 Å². The Bertz CT molecular complexity index is 916. The van der Waals surface area contributed by atoms with E-state index in [-0.39, 0.29) is 5.91 Å². The van der Waals surface area contributed by atoms with Crippen LogP contribution in [0.1, 0.15) is 21.5 Å². The van der Waals surface area contributed by atoms with Gasteiger partial charge in [-0.3, -0.25) is 4.79 Å². The number of hydrogen-bond donors (Lipinski definition) is 1. The van der Waals surface area contributed by atoms with Crippen molar-refractivity contribution in [1.82, 2.24) is 0 Å². The summed E-state index contributed by atoms with van der Waals surface area (Å²) in [5.74, 6) is 1.49. The largest absolute Gasteiger partial charge is 0.490 e. The van der Waals surface area contributed by atoms with Crippen molar-refractivity contribution in [2.24, 2.45) is 0 Å². The van der Waals surface area contributed by atoms with Gasteiger partial charge in [-0.15, -0.1) is 11.8 Å². The van der Waals surface area contributed by atoms with Crippen LogP contribution in [0.5, 0.6) is 5.75 Å². The number of nitrogens with one attached hydrogen (secondary N) is 1. The molecule has 0 bridgehead atoms. The first-order chi connectivity index (χ1) is 13.6. The minimum atomic E-state index is -0.127. The van der Waals surface area contributed by atoms with E-state index in [9.17, 15) is 4.79 Å². The first-order valence-corrected chi connectivity index (χ1v) is 10.1. The highest BCUT2D eigenvalue weighted by atomic mass is 32.2. The van der Waals surface area contributed by atoms with Crippen molar-refractivity contribution in [2.75, 3.05) is 11.9 Å². The summed E-state index contributed by atoms with van der Waals surface area (Å²) in [5.41, 5.74) is 3.82. The minimum absolute atomic E-state index is 0.127. The maximum atomic E-state index is 12.4. The second-order valence-corrected chi connectivity index (χ2v) is 7.43. The van der Waals surface area contributed by atoms with Gasteiger partial charge in [0.05, 0.1) is 0 Å². The summed E-state index contributed by atoms with van der Waals surface area (Å²) in [6.45, 7) is 6.16. The zero-order valence-corrected chi connectivity index (χ0v) is 16.7. The van der Waals surface area contributed by atoms with Crippen LogP contribution >= 0.6 is 11.8 Å². The van der Waals surface area contributed by atoms with Gasteiger partial charge in [-0.25, -0.2) is 0 Å². The van der Waals surface area contributed by atoms with Gasteiger partial charge in [0.1, 0.15) is 12.4 Å². The van der Waals surface area contributed by atoms with Crippen LogP contribution < -0.4 is 10.1 Å². The third-order valence-electron chi connectivity index (χ3n) is 4.12. The Kier molecular flexibility index (Phi) is 6.93. The molecule has 0 radical (unpaired) electrons. The second-order valence-electron chi connectivity index (χ2n) is 6.38. The molecule has 142 valence electrons. The molecule has 3 rings (SSSR count). The van der Waals surface area contributed by atoms with Gasteiger partial charge < -0.3 is 10.1 Å². The lowest BCUT2D eigenvalue weighted by molar-refractivity contribution is 0.102. The van der Waals surface area contributed by atoms with Gasteiger partial charge in [0.25, 0.3) is 5.91 Å². The van der Waals surface area contributed by atoms with Gasteiger partial charge in [-0.1, -0.05) is 42.5 Å². The number of hydrogen-bond acceptors (Lipinski definition) is 3. The van der Waals surface area contributed by atoms with Gasteiger partial charge in [-0.05, 0) is 61.0 Å². The fourth-order valence-electron chi connectivity index (χ4n) is 2.55. The summed E-state index contributed by atoms with van der Waals surface area (Å²) in [4.78, 5) is 13.7. The van der Waals surface area contributed by atoms with E-state index >= 15 is 0 Å². The second kappa shape index (κ2) is 9.81. The summed E-state index contributed by atoms with van der Waals surface area (Å²) in [5, 5.41) is 2.90. The number of carbonyl (C=O) groups is 1. The van der Waals surface area contributed by atoms with Gasteiger partial charge >= 0.3 is 0 Å². The van der Waals surface area contributed by atoms with E-state index < -0.39 is 0 Å². The highest BCUT2D eigenvalue weighted by Crippen LogP contribution is 2.23. The molecule has 0 aliphatic heterocycles. The molecule has 3 nitrogen and oxygen atoms in total. The molecule has 0 aliphatic carbocycles. The van der Waals surface area contributed by atoms with Gasteiger partial charge in [0, 0.05) is 21.9 Å². The van der Waals surface area contributed by atoms with E-state index in [1.165, 1.54) is 16.0 Å². The maximum absolute atomic E-state index is 12.4. The number of rotatable bonds is 8. The fourth-order valence-corrected chi connectivity index (χ4v) is 3.40. The Labute approximate surface area is 170 Å². The van der Waals surface area contributed by atoms with Gasteiger partial charge in [0.15, 0.2) is 0 Å². The molecule has 0 saturated carbocycles. The molecule has 3 aromatic rings. The van der Waals surface area contributed by atoms with E-state index in [1.807, 2.05) is 48.5 Å². The van der Waals surface area contributed by atoms with Crippen LogP contribution in [0.3, 0.4) is 0 Å². The van der Waals surface area contributed by atoms with E-state index in [0.29, 0.717) is 12.2 Å². The van der Waals surface area contributed by atoms with Gasteiger partial charge in [-0.2, -0.15) is 0 Å². The average Bonchev–Trinajstić information content (AvgIpc) is 2.73. The van der Waals surface area contributed by atoms with Crippen molar-refractivity contribution in [3.63, 3.8) is 0 Å². The Morgan fingerprint density at radius 3 is 2.32 bits per heavy atom. The number of ether oxygens (including phenoxy) is 1. The minimum Gasteiger partial charge on any atom is -0.490 e. The molecule has 1 amide bonds. The lowest BCUT2D eigenvalue weighted by atomic mass is 10.1. The fraction of sp³-hybridized carbons (Fsp3) is 0.125. The van der Waals surface area contributed by atoms with Crippen LogP contribution in [0.15, 0.2) is 90.3 Å². The van der Waals surface area contributed by atoms with E-state index in [4.69, 9.17) is 4.74 Å². The van der Waals surface area contributed by atoms with Crippen molar-refractivity contribution in [3.8, 4) is 5.75 Å². The molecule has 0 atom stereocenters. The Hall–Kier alpha value is -2.98. The van der Waals surface area contributed by atoms with Crippen molar-refractivity contribution in [3.05, 3.63) is 102 Å². The molecule has 4 heteroatoms. The predicted molar refractivity (Wildman–Crippen MR) is 117 cm³/mol. The summed E-state index contributed by atoms with van der Waals surface area (Å²) in [6.07, 6.45) is 1.69. The standard InChI is InChI=1S/C24H23NO2S/c1-3-16-27-22-12-10-21(11-13-22)25-24(26)20-8-6-19(7-9-20)17-28-23-14-4-18(2)5-15-23/h3-15H,1,16-17H2,2H3,(H,25,26). The summed E-state index contributed by atoms with van der Waals surface area (Å²) >= 11 is 1.79. The lowest BCUT2D eigenvalue weighted by Crippen LogP contribution is -2.11. The smallest absolute Gasteiger partial charge is 0.255 e. The Morgan fingerprint density at radius 1 is 1.00 bits per heavy atom. The van der Waals surface area contributed by atoms with Gasteiger partial charge in [0.2, 0.25) is 0 Å². The predicted octanol–water partition coefficient (Wildman–Crippen LogP) is 6.10. The topological polar surface area (TPSA) is 38.3 Å². The molecule has 1 N–H and O–H groups in total. The third-order valence-corrected chi connectivity index (χ3v) is 5.21. The molecular weight excluding hydrogens is 366 g/mol. The molecule has 3 aromatic carbocycles. The summed E-state index contributed by atoms with van der Waals surface area (Å²) in [7, 11) is 0. The van der Waals surface area contributed by atoms with Crippen LogP contribution in [0.2, 0.25) is 0 Å². The van der Waals surface area contributed by atoms with Crippen molar-refractivity contribution in [1.29, 1.82) is 0 Å². The van der Waals surface area contributed by atoms with Crippen molar-refractivity contribution in [2.45, 2.75) is 17.6 Å². The zero-order valence-electron chi connectivity index (χ0n) is 15.9. The SMILES string of the molecule is C=CCOc1ccc(NC(=O)c2ccc(CSc3ccc(C)cc3)cc2)cc1. The molecule has 0 aromatic heterocycles. The molecule has 0 heterocycles. The molecule has 0 unspecified atom stereocenters. The number of aryl methyl sites for hydroxylation is 1. The van der Waals surface area contributed by atoms with Crippen LogP contribution in [0, 0.1) is 6.92 Å². The Balaban J connectivity index is 1.54. The number of benzene rings is 3. The van der Waals surface area contributed by atoms with Crippen LogP contribution in [-0.2, 0) is 5.75 Å². The zero-order chi connectivity index (χ0) is 19.8. The number of thioether (sulfide) groups is 1. The quantitative estimate of drug-likeness (QED) is 0.373. The monoisotopic (exact) mass is 389 g/mol. The van der Waals surface area contributed by atoms with E-state index in [2.05, 4.69) is 43.1 Å². The molecule has 0 spiro atoms. The molecule has 0 saturated heterocycles. The maximum Gasteiger partial charge on any atom is 0.255 e. The van der Waals surface area contributed by atoms with E-state index in [1.54, 1.807) is 17.8 Å². The first kappa shape index (κ1) is 19.8. The normalized spacial score (nSPS) is 10.3. The summed E-state index contributed by atoms with van der Waals surface area (Å²) < 4.78 is 5.44. The van der Waals surface area contributed by atoms with Crippen LogP contribution in [0.4, 0.5) is 5.69 Å². The van der Waals surface area contributed by atoms with Crippen molar-refractivity contribution >= 4 is 23.4 Å². The molecule has 0 fully saturated rings. The van der Waals surface area contributed by atoms with E-state index in [0.717, 1.165) is 17.2 Å². The van der Waals surface area contributed by atoms with Crippen LogP contribution in [-0.4, -0.2) is 12.5 Å². The molecular formula is C24H23NO2S. The van der Waals surface area contributed by atoms with Crippen molar-refractivity contribution < 1.29 is 9.53 Å². The third kappa shape index (κ3) is 5.76. The average molecular weight is 390 g/mol. The molecule has 0 aliphatic rings. The number of anilines is 1. The summed E-state index contributed by atoms with van der Waals surface area (Å²) in [6, 6.07) is 23.5. The Morgan fingerprint density at radius 2 is 1.68 bits per heavy atom. The highest BCUT2D eigenvalue weighted by molar-refractivity contribution is 7.98. The number of carbonyl (C=O) groups excluding carboxylic acids is 1. The lowest BCUT2D eigenvalue weighted by Gasteiger charge is -2.08. The number of amides is 1. The first-order valence-electron chi connectivity index (χ1n) is 9.07.